The first kappa shape index (κ1) is 28.6. The molecule has 3 heteroatoms. The van der Waals surface area contributed by atoms with Crippen LogP contribution in [-0.4, -0.2) is 0 Å². The van der Waals surface area contributed by atoms with E-state index >= 15 is 0 Å². The Morgan fingerprint density at radius 2 is 1.14 bits per heavy atom. The number of fused-ring (bicyclic) bond motifs is 5. The molecule has 0 spiro atoms. The van der Waals surface area contributed by atoms with Crippen molar-refractivity contribution in [2.45, 2.75) is 0 Å². The maximum atomic E-state index is 6.44. The molecular formula is C46H31NO2. The Morgan fingerprint density at radius 1 is 0.490 bits per heavy atom. The molecule has 49 heavy (non-hydrogen) atoms. The highest BCUT2D eigenvalue weighted by Gasteiger charge is 2.16. The number of ether oxygens (including phenoxy) is 1. The topological polar surface area (TPSA) is 25.6 Å². The van der Waals surface area contributed by atoms with E-state index in [2.05, 4.69) is 133 Å². The second-order valence-electron chi connectivity index (χ2n) is 12.3. The molecule has 1 aromatic heterocycles. The minimum absolute atomic E-state index is 0.784. The number of hydrogen-bond acceptors (Lipinski definition) is 3. The number of benzene rings is 7. The first-order chi connectivity index (χ1) is 24.2. The van der Waals surface area contributed by atoms with Crippen molar-refractivity contribution in [3.05, 3.63) is 194 Å². The van der Waals surface area contributed by atoms with Gasteiger partial charge in [0.15, 0.2) is 0 Å². The number of nitrogens with zero attached hydrogens (tertiary/aromatic N) is 1. The van der Waals surface area contributed by atoms with E-state index in [4.69, 9.17) is 9.15 Å². The molecule has 7 aromatic carbocycles. The summed E-state index contributed by atoms with van der Waals surface area (Å²) in [6.45, 7) is 4.20. The van der Waals surface area contributed by atoms with Crippen LogP contribution in [0.4, 0.5) is 17.1 Å². The Kier molecular flexibility index (Phi) is 6.95. The number of allylic oxidation sites excluding steroid dienone is 4. The Balaban J connectivity index is 1.09. The van der Waals surface area contributed by atoms with Crippen LogP contribution in [0.3, 0.4) is 0 Å². The van der Waals surface area contributed by atoms with Gasteiger partial charge in [-0.3, -0.25) is 0 Å². The summed E-state index contributed by atoms with van der Waals surface area (Å²) < 4.78 is 12.5. The van der Waals surface area contributed by atoms with Crippen molar-refractivity contribution >= 4 is 61.1 Å². The summed E-state index contributed by atoms with van der Waals surface area (Å²) in [5.74, 6) is 1.58. The lowest BCUT2D eigenvalue weighted by Gasteiger charge is -2.26. The maximum absolute atomic E-state index is 6.44. The summed E-state index contributed by atoms with van der Waals surface area (Å²) in [5, 5.41) is 4.66. The molecule has 0 saturated carbocycles. The number of rotatable bonds is 5. The van der Waals surface area contributed by atoms with E-state index < -0.39 is 0 Å². The van der Waals surface area contributed by atoms with Crippen LogP contribution in [0.25, 0.3) is 55.2 Å². The average molecular weight is 630 g/mol. The Labute approximate surface area is 284 Å². The minimum Gasteiger partial charge on any atom is -0.456 e. The smallest absolute Gasteiger partial charge is 0.135 e. The molecule has 9 rings (SSSR count). The van der Waals surface area contributed by atoms with Gasteiger partial charge in [0.25, 0.3) is 0 Å². The van der Waals surface area contributed by atoms with Crippen molar-refractivity contribution in [1.29, 1.82) is 0 Å². The number of para-hydroxylation sites is 2. The highest BCUT2D eigenvalue weighted by atomic mass is 16.5. The summed E-state index contributed by atoms with van der Waals surface area (Å²) >= 11 is 0. The summed E-state index contributed by atoms with van der Waals surface area (Å²) in [4.78, 5) is 2.30. The minimum atomic E-state index is 0.784. The number of anilines is 3. The van der Waals surface area contributed by atoms with E-state index in [-0.39, 0.29) is 0 Å². The summed E-state index contributed by atoms with van der Waals surface area (Å²) in [6.07, 6.45) is 6.02. The Bertz CT molecular complexity index is 2590. The van der Waals surface area contributed by atoms with Crippen LogP contribution in [0.5, 0.6) is 5.75 Å². The number of hydrogen-bond donors (Lipinski definition) is 0. The zero-order valence-corrected chi connectivity index (χ0v) is 26.7. The average Bonchev–Trinajstić information content (AvgIpc) is 3.52. The summed E-state index contributed by atoms with van der Waals surface area (Å²) in [5.41, 5.74) is 10.2. The van der Waals surface area contributed by atoms with E-state index in [1.807, 2.05) is 54.6 Å². The maximum Gasteiger partial charge on any atom is 0.135 e. The van der Waals surface area contributed by atoms with Gasteiger partial charge in [-0.15, -0.1) is 0 Å². The Hall–Kier alpha value is -6.58. The molecule has 0 saturated heterocycles. The van der Waals surface area contributed by atoms with Crippen LogP contribution in [0.15, 0.2) is 187 Å². The molecule has 2 heterocycles. The van der Waals surface area contributed by atoms with Gasteiger partial charge >= 0.3 is 0 Å². The van der Waals surface area contributed by atoms with Crippen LogP contribution in [0.1, 0.15) is 11.1 Å². The molecule has 0 amide bonds. The third kappa shape index (κ3) is 5.28. The standard InChI is InChI=1S/C46H31NO2/c1-31-9-8-16-43(48-44-14-6-4-12-40(31)44)34-20-25-38(26-21-34)47(39-27-19-32-10-2-3-11-35(32)29-39)37-23-17-33(18-24-37)36-22-28-46-42(30-36)41-13-5-7-15-45(41)49-46/h2-30H,1H2/b9-8-,43-16-. The molecule has 8 aromatic rings. The summed E-state index contributed by atoms with van der Waals surface area (Å²) in [6, 6.07) is 55.2. The van der Waals surface area contributed by atoms with Crippen LogP contribution in [0, 0.1) is 0 Å². The van der Waals surface area contributed by atoms with Gasteiger partial charge < -0.3 is 14.1 Å². The highest BCUT2D eigenvalue weighted by molar-refractivity contribution is 6.06. The molecular weight excluding hydrogens is 599 g/mol. The molecule has 0 atom stereocenters. The molecule has 232 valence electrons. The molecule has 1 aliphatic heterocycles. The molecule has 0 radical (unpaired) electrons. The predicted molar refractivity (Wildman–Crippen MR) is 205 cm³/mol. The first-order valence-corrected chi connectivity index (χ1v) is 16.4. The van der Waals surface area contributed by atoms with Gasteiger partial charge in [0.05, 0.1) is 0 Å². The van der Waals surface area contributed by atoms with E-state index in [0.29, 0.717) is 0 Å². The fourth-order valence-corrected chi connectivity index (χ4v) is 6.72. The Morgan fingerprint density at radius 3 is 1.98 bits per heavy atom. The van der Waals surface area contributed by atoms with E-state index in [9.17, 15) is 0 Å². The second kappa shape index (κ2) is 11.9. The van der Waals surface area contributed by atoms with Crippen molar-refractivity contribution in [2.24, 2.45) is 0 Å². The predicted octanol–water partition coefficient (Wildman–Crippen LogP) is 12.9. The zero-order chi connectivity index (χ0) is 32.7. The first-order valence-electron chi connectivity index (χ1n) is 16.4. The van der Waals surface area contributed by atoms with E-state index in [0.717, 1.165) is 78.3 Å². The van der Waals surface area contributed by atoms with Crippen LogP contribution >= 0.6 is 0 Å². The second-order valence-corrected chi connectivity index (χ2v) is 12.3. The SMILES string of the molecule is C=C1/C=C\C=C(\c2ccc(N(c3ccc(-c4ccc5oc6ccccc6c5c4)cc3)c3ccc4ccccc4c3)cc2)Oc2ccccc21. The lowest BCUT2D eigenvalue weighted by atomic mass is 10.0. The van der Waals surface area contributed by atoms with Gasteiger partial charge in [0, 0.05) is 39.0 Å². The molecule has 1 aliphatic rings. The van der Waals surface area contributed by atoms with Crippen molar-refractivity contribution in [3.8, 4) is 16.9 Å². The van der Waals surface area contributed by atoms with Crippen molar-refractivity contribution in [1.82, 2.24) is 0 Å². The van der Waals surface area contributed by atoms with Gasteiger partial charge in [-0.25, -0.2) is 0 Å². The van der Waals surface area contributed by atoms with Gasteiger partial charge in [-0.05, 0) is 106 Å². The van der Waals surface area contributed by atoms with Crippen LogP contribution in [-0.2, 0) is 0 Å². The van der Waals surface area contributed by atoms with Crippen molar-refractivity contribution in [3.63, 3.8) is 0 Å². The molecule has 0 aliphatic carbocycles. The third-order valence-electron chi connectivity index (χ3n) is 9.23. The van der Waals surface area contributed by atoms with Crippen LogP contribution in [0.2, 0.25) is 0 Å². The van der Waals surface area contributed by atoms with Gasteiger partial charge in [0.2, 0.25) is 0 Å². The van der Waals surface area contributed by atoms with E-state index in [1.54, 1.807) is 0 Å². The largest absolute Gasteiger partial charge is 0.456 e. The fourth-order valence-electron chi connectivity index (χ4n) is 6.72. The molecule has 0 bridgehead atoms. The molecule has 0 N–H and O–H groups in total. The van der Waals surface area contributed by atoms with Crippen molar-refractivity contribution in [2.75, 3.05) is 4.90 Å². The fraction of sp³-hybridized carbons (Fsp3) is 0. The van der Waals surface area contributed by atoms with Gasteiger partial charge in [-0.1, -0.05) is 104 Å². The lowest BCUT2D eigenvalue weighted by Crippen LogP contribution is -2.10. The van der Waals surface area contributed by atoms with Crippen LogP contribution < -0.4 is 9.64 Å². The van der Waals surface area contributed by atoms with Gasteiger partial charge in [-0.2, -0.15) is 0 Å². The summed E-state index contributed by atoms with van der Waals surface area (Å²) in [7, 11) is 0. The van der Waals surface area contributed by atoms with E-state index in [1.165, 1.54) is 10.8 Å². The normalized spacial score (nSPS) is 14.4. The highest BCUT2D eigenvalue weighted by Crippen LogP contribution is 2.39. The van der Waals surface area contributed by atoms with Crippen molar-refractivity contribution < 1.29 is 9.15 Å². The quantitative estimate of drug-likeness (QED) is 0.189. The lowest BCUT2D eigenvalue weighted by molar-refractivity contribution is 0.513. The molecule has 0 fully saturated rings. The monoisotopic (exact) mass is 629 g/mol. The molecule has 0 unspecified atom stereocenters. The zero-order valence-electron chi connectivity index (χ0n) is 26.7. The molecule has 3 nitrogen and oxygen atoms in total. The number of furan rings is 1. The van der Waals surface area contributed by atoms with Gasteiger partial charge in [0.1, 0.15) is 22.7 Å². The third-order valence-corrected chi connectivity index (χ3v) is 9.23.